The van der Waals surface area contributed by atoms with Gasteiger partial charge in [0.15, 0.2) is 0 Å². The molecule has 0 aliphatic rings. The maximum Gasteiger partial charge on any atom is 0.0710 e. The molecule has 1 aromatic heterocycles. The Morgan fingerprint density at radius 3 is 2.54 bits per heavy atom. The van der Waals surface area contributed by atoms with E-state index in [0.717, 1.165) is 6.42 Å². The van der Waals surface area contributed by atoms with E-state index in [4.69, 9.17) is 5.73 Å². The average molecular weight is 181 g/mol. The zero-order valence-electron chi connectivity index (χ0n) is 8.96. The molecule has 3 heteroatoms. The maximum atomic E-state index is 5.57. The number of hydrogen-bond donors (Lipinski definition) is 1. The van der Waals surface area contributed by atoms with Gasteiger partial charge in [-0.2, -0.15) is 5.10 Å². The fraction of sp³-hybridized carbons (Fsp3) is 0.700. The first-order valence-corrected chi connectivity index (χ1v) is 4.68. The van der Waals surface area contributed by atoms with Gasteiger partial charge in [0.05, 0.1) is 5.69 Å². The Bertz CT molecular complexity index is 286. The number of aromatic nitrogens is 2. The lowest BCUT2D eigenvalue weighted by Crippen LogP contribution is -2.23. The third-order valence-electron chi connectivity index (χ3n) is 2.42. The molecule has 1 heterocycles. The van der Waals surface area contributed by atoms with Crippen molar-refractivity contribution in [1.29, 1.82) is 0 Å². The van der Waals surface area contributed by atoms with Crippen LogP contribution in [-0.2, 0) is 12.5 Å². The van der Waals surface area contributed by atoms with E-state index in [1.54, 1.807) is 0 Å². The summed E-state index contributed by atoms with van der Waals surface area (Å²) in [4.78, 5) is 0. The second-order valence-electron chi connectivity index (χ2n) is 4.26. The molecule has 13 heavy (non-hydrogen) atoms. The largest absolute Gasteiger partial charge is 0.330 e. The molecule has 0 radical (unpaired) electrons. The van der Waals surface area contributed by atoms with Gasteiger partial charge in [0.25, 0.3) is 0 Å². The minimum Gasteiger partial charge on any atom is -0.330 e. The summed E-state index contributed by atoms with van der Waals surface area (Å²) < 4.78 is 1.86. The lowest BCUT2D eigenvalue weighted by molar-refractivity contribution is 0.464. The fourth-order valence-corrected chi connectivity index (χ4v) is 1.76. The molecule has 0 atom stereocenters. The van der Waals surface area contributed by atoms with Gasteiger partial charge in [-0.25, -0.2) is 0 Å². The Morgan fingerprint density at radius 1 is 1.54 bits per heavy atom. The predicted octanol–water partition coefficient (Wildman–Crippen LogP) is 1.35. The topological polar surface area (TPSA) is 43.8 Å². The monoisotopic (exact) mass is 181 g/mol. The Kier molecular flexibility index (Phi) is 2.76. The van der Waals surface area contributed by atoms with Gasteiger partial charge >= 0.3 is 0 Å². The number of rotatable bonds is 3. The van der Waals surface area contributed by atoms with Crippen molar-refractivity contribution in [1.82, 2.24) is 9.78 Å². The van der Waals surface area contributed by atoms with Crippen LogP contribution in [0, 0.1) is 6.92 Å². The van der Waals surface area contributed by atoms with Gasteiger partial charge in [-0.1, -0.05) is 13.8 Å². The molecule has 0 amide bonds. The van der Waals surface area contributed by atoms with Crippen LogP contribution in [0.3, 0.4) is 0 Å². The highest BCUT2D eigenvalue weighted by Crippen LogP contribution is 2.27. The van der Waals surface area contributed by atoms with E-state index in [9.17, 15) is 0 Å². The van der Waals surface area contributed by atoms with Gasteiger partial charge in [0.1, 0.15) is 0 Å². The van der Waals surface area contributed by atoms with Gasteiger partial charge in [-0.05, 0) is 25.5 Å². The first kappa shape index (κ1) is 10.3. The van der Waals surface area contributed by atoms with Crippen LogP contribution in [0.15, 0.2) is 6.20 Å². The highest BCUT2D eigenvalue weighted by molar-refractivity contribution is 5.23. The van der Waals surface area contributed by atoms with Crippen molar-refractivity contribution in [2.75, 3.05) is 6.54 Å². The molecular weight excluding hydrogens is 162 g/mol. The summed E-state index contributed by atoms with van der Waals surface area (Å²) in [6, 6.07) is 0. The third kappa shape index (κ3) is 2.10. The van der Waals surface area contributed by atoms with E-state index in [1.807, 2.05) is 17.9 Å². The minimum absolute atomic E-state index is 0.0973. The molecule has 0 bridgehead atoms. The normalized spacial score (nSPS) is 12.1. The van der Waals surface area contributed by atoms with Crippen LogP contribution in [-0.4, -0.2) is 16.3 Å². The summed E-state index contributed by atoms with van der Waals surface area (Å²) in [5, 5.41) is 4.46. The Labute approximate surface area is 79.9 Å². The molecule has 0 unspecified atom stereocenters. The molecule has 74 valence electrons. The Hall–Kier alpha value is -0.830. The summed E-state index contributed by atoms with van der Waals surface area (Å²) in [5.74, 6) is 0. The van der Waals surface area contributed by atoms with Crippen LogP contribution in [0.5, 0.6) is 0 Å². The van der Waals surface area contributed by atoms with Gasteiger partial charge in [-0.15, -0.1) is 0 Å². The van der Waals surface area contributed by atoms with Gasteiger partial charge < -0.3 is 5.73 Å². The maximum absolute atomic E-state index is 5.57. The molecule has 1 aromatic rings. The standard InChI is InChI=1S/C10H19N3/c1-8-7-13(4)12-9(8)10(2,3)5-6-11/h7H,5-6,11H2,1-4H3. The summed E-state index contributed by atoms with van der Waals surface area (Å²) in [5.41, 5.74) is 8.09. The summed E-state index contributed by atoms with van der Waals surface area (Å²) in [6.07, 6.45) is 3.03. The van der Waals surface area contributed by atoms with Crippen molar-refractivity contribution < 1.29 is 0 Å². The van der Waals surface area contributed by atoms with Crippen molar-refractivity contribution in [2.24, 2.45) is 12.8 Å². The molecule has 0 saturated carbocycles. The summed E-state index contributed by atoms with van der Waals surface area (Å²) >= 11 is 0. The van der Waals surface area contributed by atoms with E-state index >= 15 is 0 Å². The Balaban J connectivity index is 2.98. The van der Waals surface area contributed by atoms with E-state index in [2.05, 4.69) is 25.9 Å². The van der Waals surface area contributed by atoms with Crippen LogP contribution in [0.1, 0.15) is 31.5 Å². The summed E-state index contributed by atoms with van der Waals surface area (Å²) in [6.45, 7) is 7.19. The lowest BCUT2D eigenvalue weighted by atomic mass is 9.84. The molecule has 0 spiro atoms. The third-order valence-corrected chi connectivity index (χ3v) is 2.42. The van der Waals surface area contributed by atoms with Crippen molar-refractivity contribution in [3.8, 4) is 0 Å². The number of nitrogens with two attached hydrogens (primary N) is 1. The van der Waals surface area contributed by atoms with E-state index < -0.39 is 0 Å². The first-order valence-electron chi connectivity index (χ1n) is 4.68. The zero-order chi connectivity index (χ0) is 10.1. The lowest BCUT2D eigenvalue weighted by Gasteiger charge is -2.22. The van der Waals surface area contributed by atoms with Gasteiger partial charge in [-0.3, -0.25) is 4.68 Å². The van der Waals surface area contributed by atoms with Crippen LogP contribution < -0.4 is 5.73 Å². The molecule has 0 aromatic carbocycles. The SMILES string of the molecule is Cc1cn(C)nc1C(C)(C)CCN. The summed E-state index contributed by atoms with van der Waals surface area (Å²) in [7, 11) is 1.95. The quantitative estimate of drug-likeness (QED) is 0.765. The first-order chi connectivity index (χ1) is 5.97. The number of aryl methyl sites for hydroxylation is 2. The zero-order valence-corrected chi connectivity index (χ0v) is 8.96. The molecular formula is C10H19N3. The van der Waals surface area contributed by atoms with Crippen molar-refractivity contribution in [3.63, 3.8) is 0 Å². The number of hydrogen-bond acceptors (Lipinski definition) is 2. The predicted molar refractivity (Wildman–Crippen MR) is 54.6 cm³/mol. The van der Waals surface area contributed by atoms with Crippen molar-refractivity contribution >= 4 is 0 Å². The van der Waals surface area contributed by atoms with Crippen molar-refractivity contribution in [2.45, 2.75) is 32.6 Å². The molecule has 3 nitrogen and oxygen atoms in total. The highest BCUT2D eigenvalue weighted by atomic mass is 15.3. The minimum atomic E-state index is 0.0973. The van der Waals surface area contributed by atoms with E-state index in [-0.39, 0.29) is 5.41 Å². The second-order valence-corrected chi connectivity index (χ2v) is 4.26. The van der Waals surface area contributed by atoms with E-state index in [1.165, 1.54) is 11.3 Å². The van der Waals surface area contributed by atoms with E-state index in [0.29, 0.717) is 6.54 Å². The van der Waals surface area contributed by atoms with Crippen LogP contribution in [0.2, 0.25) is 0 Å². The fourth-order valence-electron chi connectivity index (χ4n) is 1.76. The molecule has 0 saturated heterocycles. The average Bonchev–Trinajstić information content (AvgIpc) is 2.30. The molecule has 1 rings (SSSR count). The second kappa shape index (κ2) is 3.50. The van der Waals surface area contributed by atoms with Crippen molar-refractivity contribution in [3.05, 3.63) is 17.5 Å². The highest BCUT2D eigenvalue weighted by Gasteiger charge is 2.24. The van der Waals surface area contributed by atoms with Gasteiger partial charge in [0, 0.05) is 18.7 Å². The van der Waals surface area contributed by atoms with Crippen LogP contribution in [0.25, 0.3) is 0 Å². The smallest absolute Gasteiger partial charge is 0.0710 e. The molecule has 0 aliphatic heterocycles. The molecule has 0 fully saturated rings. The Morgan fingerprint density at radius 2 is 2.15 bits per heavy atom. The molecule has 0 aliphatic carbocycles. The van der Waals surface area contributed by atoms with Gasteiger partial charge in [0.2, 0.25) is 0 Å². The molecule has 2 N–H and O–H groups in total. The van der Waals surface area contributed by atoms with Crippen LogP contribution in [0.4, 0.5) is 0 Å². The van der Waals surface area contributed by atoms with Crippen LogP contribution >= 0.6 is 0 Å². The number of nitrogens with zero attached hydrogens (tertiary/aromatic N) is 2.